The van der Waals surface area contributed by atoms with Crippen molar-refractivity contribution < 1.29 is 0 Å². The number of aryl methyl sites for hydroxylation is 1. The molecular weight excluding hydrogens is 230 g/mol. The van der Waals surface area contributed by atoms with Crippen LogP contribution in [0, 0.1) is 6.92 Å². The Morgan fingerprint density at radius 2 is 2.33 bits per heavy atom. The van der Waals surface area contributed by atoms with Crippen molar-refractivity contribution in [1.29, 1.82) is 0 Å². The lowest BCUT2D eigenvalue weighted by atomic mass is 10.0. The third kappa shape index (κ3) is 2.61. The predicted octanol–water partition coefficient (Wildman–Crippen LogP) is 2.83. The molecule has 2 rings (SSSR count). The van der Waals surface area contributed by atoms with Crippen molar-refractivity contribution in [3.05, 3.63) is 5.01 Å². The molecule has 1 aliphatic heterocycles. The second-order valence-electron chi connectivity index (χ2n) is 3.92. The lowest BCUT2D eigenvalue weighted by Crippen LogP contribution is -2.39. The first-order chi connectivity index (χ1) is 7.31. The molecule has 0 aliphatic carbocycles. The third-order valence-electron chi connectivity index (χ3n) is 2.83. The molecule has 1 fully saturated rings. The van der Waals surface area contributed by atoms with Crippen molar-refractivity contribution >= 4 is 28.1 Å². The quantitative estimate of drug-likeness (QED) is 0.767. The van der Waals surface area contributed by atoms with Crippen molar-refractivity contribution in [2.45, 2.75) is 38.6 Å². The number of anilines is 1. The smallest absolute Gasteiger partial charge is 0.208 e. The van der Waals surface area contributed by atoms with Gasteiger partial charge in [0, 0.05) is 18.5 Å². The molecule has 3 nitrogen and oxygen atoms in total. The summed E-state index contributed by atoms with van der Waals surface area (Å²) in [6.45, 7) is 3.11. The maximum Gasteiger partial charge on any atom is 0.208 e. The molecule has 0 spiro atoms. The third-order valence-corrected chi connectivity index (χ3v) is 3.92. The molecule has 1 unspecified atom stereocenters. The van der Waals surface area contributed by atoms with Gasteiger partial charge in [0.05, 0.1) is 0 Å². The number of rotatable bonds is 3. The van der Waals surface area contributed by atoms with Crippen LogP contribution in [-0.4, -0.2) is 28.7 Å². The fourth-order valence-electron chi connectivity index (χ4n) is 2.08. The molecule has 0 radical (unpaired) electrons. The zero-order chi connectivity index (χ0) is 10.7. The standard InChI is InChI=1S/C10H16ClN3S/c1-8-12-13-10(15-8)14-7-3-2-4-9(14)5-6-11/h9H,2-7H2,1H3. The first kappa shape index (κ1) is 11.1. The van der Waals surface area contributed by atoms with Gasteiger partial charge >= 0.3 is 0 Å². The van der Waals surface area contributed by atoms with Crippen LogP contribution >= 0.6 is 22.9 Å². The van der Waals surface area contributed by atoms with Crippen molar-refractivity contribution in [2.24, 2.45) is 0 Å². The zero-order valence-corrected chi connectivity index (χ0v) is 10.5. The highest BCUT2D eigenvalue weighted by molar-refractivity contribution is 7.15. The van der Waals surface area contributed by atoms with Crippen LogP contribution in [0.4, 0.5) is 5.13 Å². The monoisotopic (exact) mass is 245 g/mol. The van der Waals surface area contributed by atoms with Gasteiger partial charge < -0.3 is 4.90 Å². The molecule has 5 heteroatoms. The van der Waals surface area contributed by atoms with E-state index in [1.54, 1.807) is 11.3 Å². The van der Waals surface area contributed by atoms with Crippen LogP contribution in [0.1, 0.15) is 30.7 Å². The van der Waals surface area contributed by atoms with E-state index in [4.69, 9.17) is 11.6 Å². The Balaban J connectivity index is 2.10. The van der Waals surface area contributed by atoms with Crippen LogP contribution < -0.4 is 4.90 Å². The van der Waals surface area contributed by atoms with Gasteiger partial charge in [-0.2, -0.15) is 0 Å². The second-order valence-corrected chi connectivity index (χ2v) is 5.46. The first-order valence-electron chi connectivity index (χ1n) is 5.44. The summed E-state index contributed by atoms with van der Waals surface area (Å²) in [6, 6.07) is 0.573. The summed E-state index contributed by atoms with van der Waals surface area (Å²) < 4.78 is 0. The van der Waals surface area contributed by atoms with E-state index in [0.29, 0.717) is 6.04 Å². The Morgan fingerprint density at radius 1 is 1.47 bits per heavy atom. The zero-order valence-electron chi connectivity index (χ0n) is 8.95. The van der Waals surface area contributed by atoms with Crippen LogP contribution in [0.3, 0.4) is 0 Å². The van der Waals surface area contributed by atoms with Crippen LogP contribution in [-0.2, 0) is 0 Å². The van der Waals surface area contributed by atoms with E-state index in [9.17, 15) is 0 Å². The van der Waals surface area contributed by atoms with E-state index in [2.05, 4.69) is 15.1 Å². The van der Waals surface area contributed by atoms with Gasteiger partial charge in [0.25, 0.3) is 0 Å². The van der Waals surface area contributed by atoms with Crippen LogP contribution in [0.15, 0.2) is 0 Å². The maximum absolute atomic E-state index is 5.83. The normalized spacial score (nSPS) is 22.0. The van der Waals surface area contributed by atoms with Gasteiger partial charge in [0.15, 0.2) is 0 Å². The molecule has 0 bridgehead atoms. The lowest BCUT2D eigenvalue weighted by molar-refractivity contribution is 0.450. The minimum Gasteiger partial charge on any atom is -0.344 e. The average molecular weight is 246 g/mol. The van der Waals surface area contributed by atoms with Crippen molar-refractivity contribution in [3.8, 4) is 0 Å². The molecule has 0 amide bonds. The Morgan fingerprint density at radius 3 is 3.00 bits per heavy atom. The lowest BCUT2D eigenvalue weighted by Gasteiger charge is -2.34. The summed E-state index contributed by atoms with van der Waals surface area (Å²) >= 11 is 7.52. The molecule has 0 N–H and O–H groups in total. The van der Waals surface area contributed by atoms with Crippen molar-refractivity contribution in [1.82, 2.24) is 10.2 Å². The molecule has 84 valence electrons. The van der Waals surface area contributed by atoms with E-state index in [0.717, 1.165) is 29.0 Å². The van der Waals surface area contributed by atoms with Gasteiger partial charge in [0.1, 0.15) is 5.01 Å². The van der Waals surface area contributed by atoms with Gasteiger partial charge in [-0.1, -0.05) is 11.3 Å². The molecule has 15 heavy (non-hydrogen) atoms. The predicted molar refractivity (Wildman–Crippen MR) is 65.0 cm³/mol. The second kappa shape index (κ2) is 5.12. The Hall–Kier alpha value is -0.350. The molecule has 1 aromatic rings. The highest BCUT2D eigenvalue weighted by Crippen LogP contribution is 2.28. The molecule has 1 aliphatic rings. The van der Waals surface area contributed by atoms with Gasteiger partial charge in [-0.05, 0) is 32.6 Å². The first-order valence-corrected chi connectivity index (χ1v) is 6.79. The number of hydrogen-bond donors (Lipinski definition) is 0. The van der Waals surface area contributed by atoms with Crippen LogP contribution in [0.2, 0.25) is 0 Å². The summed E-state index contributed by atoms with van der Waals surface area (Å²) in [5, 5.41) is 10.4. The molecule has 1 aromatic heterocycles. The molecule has 0 aromatic carbocycles. The number of aromatic nitrogens is 2. The topological polar surface area (TPSA) is 29.0 Å². The highest BCUT2D eigenvalue weighted by Gasteiger charge is 2.24. The molecule has 1 atom stereocenters. The van der Waals surface area contributed by atoms with Crippen LogP contribution in [0.5, 0.6) is 0 Å². The highest BCUT2D eigenvalue weighted by atomic mass is 35.5. The minimum atomic E-state index is 0.573. The fraction of sp³-hybridized carbons (Fsp3) is 0.800. The van der Waals surface area contributed by atoms with E-state index in [-0.39, 0.29) is 0 Å². The summed E-state index contributed by atoms with van der Waals surface area (Å²) in [5.41, 5.74) is 0. The number of piperidine rings is 1. The van der Waals surface area contributed by atoms with Crippen molar-refractivity contribution in [2.75, 3.05) is 17.3 Å². The van der Waals surface area contributed by atoms with Gasteiger partial charge in [0.2, 0.25) is 5.13 Å². The fourth-order valence-corrected chi connectivity index (χ4v) is 3.12. The van der Waals surface area contributed by atoms with E-state index >= 15 is 0 Å². The summed E-state index contributed by atoms with van der Waals surface area (Å²) in [7, 11) is 0. The number of alkyl halides is 1. The number of hydrogen-bond acceptors (Lipinski definition) is 4. The van der Waals surface area contributed by atoms with Crippen molar-refractivity contribution in [3.63, 3.8) is 0 Å². The Labute approximate surface area is 99.5 Å². The largest absolute Gasteiger partial charge is 0.344 e. The molecule has 1 saturated heterocycles. The van der Waals surface area contributed by atoms with Gasteiger partial charge in [-0.15, -0.1) is 21.8 Å². The molecular formula is C10H16ClN3S. The number of halogens is 1. The van der Waals surface area contributed by atoms with Gasteiger partial charge in [-0.3, -0.25) is 0 Å². The molecule has 2 heterocycles. The van der Waals surface area contributed by atoms with Crippen LogP contribution in [0.25, 0.3) is 0 Å². The van der Waals surface area contributed by atoms with E-state index in [1.165, 1.54) is 19.3 Å². The van der Waals surface area contributed by atoms with E-state index < -0.39 is 0 Å². The SMILES string of the molecule is Cc1nnc(N2CCCCC2CCCl)s1. The maximum atomic E-state index is 5.83. The number of nitrogens with zero attached hydrogens (tertiary/aromatic N) is 3. The summed E-state index contributed by atoms with van der Waals surface area (Å²) in [6.07, 6.45) is 4.87. The van der Waals surface area contributed by atoms with E-state index in [1.807, 2.05) is 6.92 Å². The summed E-state index contributed by atoms with van der Waals surface area (Å²) in [4.78, 5) is 2.39. The Kier molecular flexibility index (Phi) is 3.81. The average Bonchev–Trinajstić information content (AvgIpc) is 2.66. The summed E-state index contributed by atoms with van der Waals surface area (Å²) in [5.74, 6) is 0.735. The van der Waals surface area contributed by atoms with Gasteiger partial charge in [-0.25, -0.2) is 0 Å². The Bertz CT molecular complexity index is 313. The minimum absolute atomic E-state index is 0.573. The molecule has 0 saturated carbocycles.